The summed E-state index contributed by atoms with van der Waals surface area (Å²) in [5.41, 5.74) is 3.56. The Morgan fingerprint density at radius 3 is 2.78 bits per heavy atom. The molecule has 0 radical (unpaired) electrons. The molecule has 5 heteroatoms. The fourth-order valence-corrected chi connectivity index (χ4v) is 2.96. The molecular formula is C18H23N3OS. The second kappa shape index (κ2) is 8.67. The van der Waals surface area contributed by atoms with E-state index in [0.29, 0.717) is 5.95 Å². The number of rotatable bonds is 7. The second-order valence-electron chi connectivity index (χ2n) is 5.64. The van der Waals surface area contributed by atoms with E-state index in [0.717, 1.165) is 24.3 Å². The van der Waals surface area contributed by atoms with Crippen molar-refractivity contribution < 1.29 is 4.79 Å². The Labute approximate surface area is 142 Å². The molecule has 0 saturated heterocycles. The lowest BCUT2D eigenvalue weighted by atomic mass is 10.0. The lowest BCUT2D eigenvalue weighted by molar-refractivity contribution is -0.118. The van der Waals surface area contributed by atoms with Crippen molar-refractivity contribution in [3.05, 3.63) is 53.3 Å². The molecule has 0 fully saturated rings. The third kappa shape index (κ3) is 5.36. The number of thioether (sulfide) groups is 1. The predicted octanol–water partition coefficient (Wildman–Crippen LogP) is 3.51. The summed E-state index contributed by atoms with van der Waals surface area (Å²) in [4.78, 5) is 20.6. The molecule has 4 nitrogen and oxygen atoms in total. The van der Waals surface area contributed by atoms with Gasteiger partial charge in [-0.2, -0.15) is 11.8 Å². The highest BCUT2D eigenvalue weighted by Gasteiger charge is 2.13. The second-order valence-corrected chi connectivity index (χ2v) is 6.55. The van der Waals surface area contributed by atoms with Crippen molar-refractivity contribution in [1.82, 2.24) is 9.97 Å². The van der Waals surface area contributed by atoms with Crippen molar-refractivity contribution in [3.63, 3.8) is 0 Å². The van der Waals surface area contributed by atoms with Gasteiger partial charge in [0, 0.05) is 23.6 Å². The zero-order chi connectivity index (χ0) is 16.7. The van der Waals surface area contributed by atoms with E-state index >= 15 is 0 Å². The van der Waals surface area contributed by atoms with Gasteiger partial charge >= 0.3 is 0 Å². The number of anilines is 1. The summed E-state index contributed by atoms with van der Waals surface area (Å²) in [5, 5.41) is 2.80. The van der Waals surface area contributed by atoms with Crippen LogP contribution in [0.15, 0.2) is 36.5 Å². The number of carbonyl (C=O) groups excluding carboxylic acids is 1. The zero-order valence-corrected chi connectivity index (χ0v) is 14.7. The third-order valence-electron chi connectivity index (χ3n) is 3.72. The van der Waals surface area contributed by atoms with Gasteiger partial charge in [-0.15, -0.1) is 0 Å². The maximum atomic E-state index is 12.0. The number of carbonyl (C=O) groups is 1. The summed E-state index contributed by atoms with van der Waals surface area (Å²) in [7, 11) is 0. The molecule has 2 rings (SSSR count). The molecule has 0 bridgehead atoms. The highest BCUT2D eigenvalue weighted by molar-refractivity contribution is 7.98. The maximum absolute atomic E-state index is 12.0. The van der Waals surface area contributed by atoms with Crippen LogP contribution in [0.2, 0.25) is 0 Å². The fraction of sp³-hybridized carbons (Fsp3) is 0.389. The van der Waals surface area contributed by atoms with Crippen LogP contribution in [-0.4, -0.2) is 27.9 Å². The lowest BCUT2D eigenvalue weighted by Crippen LogP contribution is -2.23. The number of nitrogens with zero attached hydrogens (tertiary/aromatic N) is 2. The van der Waals surface area contributed by atoms with Crippen LogP contribution in [0, 0.1) is 12.8 Å². The Bertz CT molecular complexity index is 660. The number of amides is 1. The largest absolute Gasteiger partial charge is 0.294 e. The number of aryl methyl sites for hydroxylation is 3. The molecule has 122 valence electrons. The molecule has 0 spiro atoms. The van der Waals surface area contributed by atoms with E-state index in [1.165, 1.54) is 11.1 Å². The van der Waals surface area contributed by atoms with E-state index in [-0.39, 0.29) is 11.8 Å². The first kappa shape index (κ1) is 17.5. The molecule has 0 unspecified atom stereocenters. The first-order chi connectivity index (χ1) is 11.1. The average molecular weight is 329 g/mol. The van der Waals surface area contributed by atoms with E-state index in [4.69, 9.17) is 0 Å². The number of hydrogen-bond donors (Lipinski definition) is 1. The molecule has 1 amide bonds. The van der Waals surface area contributed by atoms with Gasteiger partial charge in [-0.3, -0.25) is 10.1 Å². The fourth-order valence-electron chi connectivity index (χ4n) is 2.31. The Morgan fingerprint density at radius 1 is 1.26 bits per heavy atom. The van der Waals surface area contributed by atoms with E-state index in [2.05, 4.69) is 40.4 Å². The summed E-state index contributed by atoms with van der Waals surface area (Å²) in [5.74, 6) is 1.10. The Balaban J connectivity index is 1.97. The summed E-state index contributed by atoms with van der Waals surface area (Å²) in [6.45, 7) is 4.03. The van der Waals surface area contributed by atoms with Crippen LogP contribution in [0.4, 0.5) is 5.95 Å². The molecule has 1 N–H and O–H groups in total. The van der Waals surface area contributed by atoms with Crippen molar-refractivity contribution >= 4 is 23.6 Å². The van der Waals surface area contributed by atoms with E-state index in [1.807, 2.05) is 25.3 Å². The minimum absolute atomic E-state index is 0.0320. The van der Waals surface area contributed by atoms with E-state index in [1.54, 1.807) is 18.0 Å². The van der Waals surface area contributed by atoms with Gasteiger partial charge in [-0.1, -0.05) is 31.2 Å². The monoisotopic (exact) mass is 329 g/mol. The normalized spacial score (nSPS) is 12.0. The minimum atomic E-state index is -0.0516. The summed E-state index contributed by atoms with van der Waals surface area (Å²) in [6.07, 6.45) is 5.46. The number of hydrogen-bond acceptors (Lipinski definition) is 4. The van der Waals surface area contributed by atoms with Crippen molar-refractivity contribution in [1.29, 1.82) is 0 Å². The Morgan fingerprint density at radius 2 is 2.04 bits per heavy atom. The molecule has 0 aliphatic heterocycles. The van der Waals surface area contributed by atoms with Crippen molar-refractivity contribution in [2.24, 2.45) is 5.92 Å². The first-order valence-electron chi connectivity index (χ1n) is 7.76. The van der Waals surface area contributed by atoms with Gasteiger partial charge in [0.25, 0.3) is 0 Å². The van der Waals surface area contributed by atoms with Crippen molar-refractivity contribution in [2.75, 3.05) is 17.3 Å². The summed E-state index contributed by atoms with van der Waals surface area (Å²) in [6, 6.07) is 10.3. The van der Waals surface area contributed by atoms with Gasteiger partial charge in [0.05, 0.1) is 0 Å². The number of aromatic nitrogens is 2. The topological polar surface area (TPSA) is 54.9 Å². The molecule has 1 aromatic carbocycles. The zero-order valence-electron chi connectivity index (χ0n) is 13.9. The number of benzene rings is 1. The molecule has 0 saturated carbocycles. The van der Waals surface area contributed by atoms with Crippen LogP contribution >= 0.6 is 11.8 Å². The highest BCUT2D eigenvalue weighted by atomic mass is 32.2. The van der Waals surface area contributed by atoms with Crippen LogP contribution in [0.25, 0.3) is 0 Å². The van der Waals surface area contributed by atoms with Gasteiger partial charge in [0.15, 0.2) is 0 Å². The molecule has 23 heavy (non-hydrogen) atoms. The smallest absolute Gasteiger partial charge is 0.230 e. The molecule has 2 aromatic rings. The quantitative estimate of drug-likeness (QED) is 0.844. The lowest BCUT2D eigenvalue weighted by Gasteiger charge is -2.10. The predicted molar refractivity (Wildman–Crippen MR) is 96.8 cm³/mol. The molecule has 1 heterocycles. The van der Waals surface area contributed by atoms with Crippen molar-refractivity contribution in [3.8, 4) is 0 Å². The maximum Gasteiger partial charge on any atom is 0.230 e. The van der Waals surface area contributed by atoms with Crippen molar-refractivity contribution in [2.45, 2.75) is 26.7 Å². The molecule has 1 aromatic heterocycles. The third-order valence-corrected chi connectivity index (χ3v) is 4.56. The van der Waals surface area contributed by atoms with Gasteiger partial charge in [0.2, 0.25) is 11.9 Å². The van der Waals surface area contributed by atoms with E-state index in [9.17, 15) is 4.79 Å². The van der Waals surface area contributed by atoms with Crippen LogP contribution in [0.1, 0.15) is 23.7 Å². The van der Waals surface area contributed by atoms with Crippen LogP contribution in [0.3, 0.4) is 0 Å². The van der Waals surface area contributed by atoms with Gasteiger partial charge in [-0.05, 0) is 43.2 Å². The minimum Gasteiger partial charge on any atom is -0.294 e. The SMILES string of the molecule is CSC[C@H](C)C(=O)Nc1nccc(CCc2ccccc2C)n1. The van der Waals surface area contributed by atoms with Crippen LogP contribution in [0.5, 0.6) is 0 Å². The molecule has 0 aliphatic carbocycles. The number of nitrogens with one attached hydrogen (secondary N) is 1. The summed E-state index contributed by atoms with van der Waals surface area (Å²) < 4.78 is 0. The molecular weight excluding hydrogens is 306 g/mol. The summed E-state index contributed by atoms with van der Waals surface area (Å²) >= 11 is 1.66. The van der Waals surface area contributed by atoms with Crippen LogP contribution in [-0.2, 0) is 17.6 Å². The Kier molecular flexibility index (Phi) is 6.59. The first-order valence-corrected chi connectivity index (χ1v) is 9.15. The standard InChI is InChI=1S/C18H23N3OS/c1-13-6-4-5-7-15(13)8-9-16-10-11-19-18(20-16)21-17(22)14(2)12-23-3/h4-7,10-11,14H,8-9,12H2,1-3H3,(H,19,20,21,22)/t14-/m0/s1. The Hall–Kier alpha value is -1.88. The van der Waals surface area contributed by atoms with Crippen LogP contribution < -0.4 is 5.32 Å². The van der Waals surface area contributed by atoms with Gasteiger partial charge < -0.3 is 0 Å². The highest BCUT2D eigenvalue weighted by Crippen LogP contribution is 2.12. The average Bonchev–Trinajstić information content (AvgIpc) is 2.54. The van der Waals surface area contributed by atoms with E-state index < -0.39 is 0 Å². The van der Waals surface area contributed by atoms with Gasteiger partial charge in [0.1, 0.15) is 0 Å². The molecule has 1 atom stereocenters. The molecule has 0 aliphatic rings. The van der Waals surface area contributed by atoms with Gasteiger partial charge in [-0.25, -0.2) is 9.97 Å².